The van der Waals surface area contributed by atoms with E-state index in [1.807, 2.05) is 18.3 Å². The molecule has 0 saturated carbocycles. The third kappa shape index (κ3) is 10.6. The van der Waals surface area contributed by atoms with E-state index in [0.29, 0.717) is 5.75 Å². The predicted molar refractivity (Wildman–Crippen MR) is 88.7 cm³/mol. The van der Waals surface area contributed by atoms with Gasteiger partial charge >= 0.3 is 13.9 Å². The number of benzene rings is 1. The Hall–Kier alpha value is -2.10. The van der Waals surface area contributed by atoms with E-state index in [-0.39, 0.29) is 0 Å². The van der Waals surface area contributed by atoms with Crippen LogP contribution in [0.5, 0.6) is 5.75 Å². The van der Waals surface area contributed by atoms with Crippen molar-refractivity contribution in [1.29, 1.82) is 0 Å². The van der Waals surface area contributed by atoms with Gasteiger partial charge in [-0.1, -0.05) is 6.07 Å². The number of carboxylic acid groups (broad SMARTS) is 1. The number of nitrogens with zero attached hydrogens (tertiary/aromatic N) is 1. The predicted octanol–water partition coefficient (Wildman–Crippen LogP) is 0.672. The first-order valence-corrected chi connectivity index (χ1v) is 8.17. The van der Waals surface area contributed by atoms with Crippen LogP contribution >= 0.6 is 7.82 Å². The molecule has 2 rings (SSSR count). The molecule has 1 aromatic heterocycles. The number of aromatic nitrogens is 1. The summed E-state index contributed by atoms with van der Waals surface area (Å²) in [5.41, 5.74) is 6.21. The number of primary amides is 1. The maximum Gasteiger partial charge on any atom is 0.466 e. The normalized spacial score (nSPS) is 10.6. The summed E-state index contributed by atoms with van der Waals surface area (Å²) in [6, 6.07) is 5.56. The standard InChI is InChI=1S/C12H16N2O.CH3NO2.H3O4P/c1-14(2)7-6-9-8-13-10-4-3-5-11(15)12(9)10;2-1(3)4;1-5(2,3)4/h3-5,8,13,15H,6-7H2,1-2H3;2H2,(H,3,4);(H3,1,2,3,4). The number of carbonyl (C=O) groups is 1. The van der Waals surface area contributed by atoms with Crippen LogP contribution in [0.4, 0.5) is 4.79 Å². The molecule has 0 fully saturated rings. The first kappa shape index (κ1) is 21.9. The zero-order chi connectivity index (χ0) is 18.9. The first-order chi connectivity index (χ1) is 10.9. The van der Waals surface area contributed by atoms with Gasteiger partial charge in [0.05, 0.1) is 0 Å². The Kier molecular flexibility index (Phi) is 9.04. The van der Waals surface area contributed by atoms with E-state index >= 15 is 0 Å². The summed E-state index contributed by atoms with van der Waals surface area (Å²) >= 11 is 0. The Bertz CT molecular complexity index is 684. The van der Waals surface area contributed by atoms with Crippen molar-refractivity contribution in [2.45, 2.75) is 6.42 Å². The van der Waals surface area contributed by atoms with Gasteiger partial charge in [-0.15, -0.1) is 0 Å². The zero-order valence-corrected chi connectivity index (χ0v) is 14.1. The number of nitrogens with two attached hydrogens (primary N) is 1. The van der Waals surface area contributed by atoms with Gasteiger partial charge in [-0.25, -0.2) is 9.36 Å². The Balaban J connectivity index is 0.000000492. The van der Waals surface area contributed by atoms with E-state index in [1.165, 1.54) is 5.56 Å². The second-order valence-electron chi connectivity index (χ2n) is 4.92. The molecule has 1 amide bonds. The summed E-state index contributed by atoms with van der Waals surface area (Å²) in [7, 11) is -0.538. The molecule has 0 bridgehead atoms. The van der Waals surface area contributed by atoms with Crippen molar-refractivity contribution in [1.82, 2.24) is 9.88 Å². The van der Waals surface area contributed by atoms with Crippen molar-refractivity contribution < 1.29 is 34.3 Å². The molecule has 2 aromatic rings. The molecule has 1 heterocycles. The molecule has 0 atom stereocenters. The van der Waals surface area contributed by atoms with Crippen LogP contribution < -0.4 is 5.73 Å². The molecule has 0 spiro atoms. The molecular formula is C13H22N3O7P. The fourth-order valence-corrected chi connectivity index (χ4v) is 1.78. The summed E-state index contributed by atoms with van der Waals surface area (Å²) in [5.74, 6) is 0.363. The number of phenols is 1. The first-order valence-electron chi connectivity index (χ1n) is 6.61. The van der Waals surface area contributed by atoms with Gasteiger partial charge < -0.3 is 40.5 Å². The number of hydrogen-bond acceptors (Lipinski definition) is 4. The summed E-state index contributed by atoms with van der Waals surface area (Å²) in [4.78, 5) is 35.7. The number of hydrogen-bond donors (Lipinski definition) is 7. The molecule has 10 nitrogen and oxygen atoms in total. The summed E-state index contributed by atoms with van der Waals surface area (Å²) in [5, 5.41) is 17.9. The van der Waals surface area contributed by atoms with Crippen LogP contribution in [-0.4, -0.2) is 61.5 Å². The van der Waals surface area contributed by atoms with Crippen molar-refractivity contribution in [2.24, 2.45) is 5.73 Å². The monoisotopic (exact) mass is 363 g/mol. The molecule has 11 heteroatoms. The van der Waals surface area contributed by atoms with Gasteiger partial charge in [-0.3, -0.25) is 0 Å². The number of nitrogens with one attached hydrogen (secondary N) is 1. The van der Waals surface area contributed by atoms with Crippen LogP contribution in [0.3, 0.4) is 0 Å². The fourth-order valence-electron chi connectivity index (χ4n) is 1.78. The number of phosphoric acid groups is 1. The van der Waals surface area contributed by atoms with Crippen LogP contribution in [0.25, 0.3) is 10.9 Å². The minimum Gasteiger partial charge on any atom is -0.507 e. The molecule has 136 valence electrons. The number of rotatable bonds is 3. The fraction of sp³-hybridized carbons (Fsp3) is 0.308. The number of aromatic hydroxyl groups is 1. The highest BCUT2D eigenvalue weighted by Gasteiger charge is 2.07. The van der Waals surface area contributed by atoms with E-state index in [4.69, 9.17) is 29.1 Å². The van der Waals surface area contributed by atoms with Gasteiger partial charge in [0.1, 0.15) is 5.75 Å². The van der Waals surface area contributed by atoms with Crippen LogP contribution in [-0.2, 0) is 11.0 Å². The summed E-state index contributed by atoms with van der Waals surface area (Å²) < 4.78 is 8.88. The van der Waals surface area contributed by atoms with Crippen LogP contribution in [0.1, 0.15) is 5.56 Å². The molecule has 0 aliphatic heterocycles. The molecule has 8 N–H and O–H groups in total. The largest absolute Gasteiger partial charge is 0.507 e. The van der Waals surface area contributed by atoms with Gasteiger partial charge in [0.15, 0.2) is 0 Å². The second-order valence-corrected chi connectivity index (χ2v) is 5.94. The van der Waals surface area contributed by atoms with Crippen molar-refractivity contribution in [3.05, 3.63) is 30.0 Å². The molecule has 0 aliphatic rings. The molecule has 1 aromatic carbocycles. The van der Waals surface area contributed by atoms with Gasteiger partial charge in [0.25, 0.3) is 0 Å². The number of aromatic amines is 1. The van der Waals surface area contributed by atoms with E-state index in [1.54, 1.807) is 6.07 Å². The quantitative estimate of drug-likeness (QED) is 0.388. The minimum absolute atomic E-state index is 0.363. The lowest BCUT2D eigenvalue weighted by molar-refractivity contribution is 0.205. The van der Waals surface area contributed by atoms with Gasteiger partial charge in [0.2, 0.25) is 0 Å². The highest BCUT2D eigenvalue weighted by molar-refractivity contribution is 7.45. The van der Waals surface area contributed by atoms with Crippen molar-refractivity contribution >= 4 is 24.8 Å². The Morgan fingerprint density at radius 3 is 2.25 bits per heavy atom. The van der Waals surface area contributed by atoms with Crippen LogP contribution in [0.15, 0.2) is 24.4 Å². The lowest BCUT2D eigenvalue weighted by Crippen LogP contribution is -2.14. The van der Waals surface area contributed by atoms with Gasteiger partial charge in [-0.2, -0.15) is 0 Å². The Labute approximate surface area is 138 Å². The highest BCUT2D eigenvalue weighted by Crippen LogP contribution is 2.27. The SMILES string of the molecule is CN(C)CCc1c[nH]c2cccc(O)c12.NC(=O)O.O=P(O)(O)O. The lowest BCUT2D eigenvalue weighted by atomic mass is 10.1. The summed E-state index contributed by atoms with van der Waals surface area (Å²) in [6.07, 6.45) is 1.60. The van der Waals surface area contributed by atoms with E-state index in [0.717, 1.165) is 23.9 Å². The maximum absolute atomic E-state index is 9.77. The number of phenolic OH excluding ortho intramolecular Hbond substituents is 1. The third-order valence-electron chi connectivity index (χ3n) is 2.59. The third-order valence-corrected chi connectivity index (χ3v) is 2.59. The number of likely N-dealkylation sites (N-methyl/N-ethyl adjacent to an activating group) is 1. The number of H-pyrrole nitrogens is 1. The summed E-state index contributed by atoms with van der Waals surface area (Å²) in [6.45, 7) is 0.987. The van der Waals surface area contributed by atoms with E-state index in [9.17, 15) is 5.11 Å². The molecule has 0 unspecified atom stereocenters. The van der Waals surface area contributed by atoms with Crippen LogP contribution in [0, 0.1) is 0 Å². The minimum atomic E-state index is -4.64. The van der Waals surface area contributed by atoms with Crippen molar-refractivity contribution in [3.8, 4) is 5.75 Å². The highest BCUT2D eigenvalue weighted by atomic mass is 31.2. The maximum atomic E-state index is 9.77. The van der Waals surface area contributed by atoms with Gasteiger partial charge in [0, 0.05) is 23.6 Å². The molecule has 0 saturated heterocycles. The van der Waals surface area contributed by atoms with E-state index in [2.05, 4.69) is 29.7 Å². The average Bonchev–Trinajstić information content (AvgIpc) is 2.78. The average molecular weight is 363 g/mol. The number of fused-ring (bicyclic) bond motifs is 1. The van der Waals surface area contributed by atoms with Crippen molar-refractivity contribution in [2.75, 3.05) is 20.6 Å². The second kappa shape index (κ2) is 9.91. The van der Waals surface area contributed by atoms with Gasteiger partial charge in [-0.05, 0) is 38.2 Å². The van der Waals surface area contributed by atoms with E-state index < -0.39 is 13.9 Å². The Morgan fingerprint density at radius 2 is 1.79 bits per heavy atom. The Morgan fingerprint density at radius 1 is 1.29 bits per heavy atom. The topological polar surface area (TPSA) is 180 Å². The molecule has 0 aliphatic carbocycles. The molecular weight excluding hydrogens is 341 g/mol. The molecule has 24 heavy (non-hydrogen) atoms. The number of amides is 1. The van der Waals surface area contributed by atoms with Crippen molar-refractivity contribution in [3.63, 3.8) is 0 Å². The smallest absolute Gasteiger partial charge is 0.466 e. The molecule has 0 radical (unpaired) electrons. The van der Waals surface area contributed by atoms with Crippen LogP contribution in [0.2, 0.25) is 0 Å². The zero-order valence-electron chi connectivity index (χ0n) is 13.2. The lowest BCUT2D eigenvalue weighted by Gasteiger charge is -2.08.